The van der Waals surface area contributed by atoms with Gasteiger partial charge in [-0.2, -0.15) is 4.31 Å². The number of hydrogen-bond acceptors (Lipinski definition) is 5. The van der Waals surface area contributed by atoms with E-state index in [-0.39, 0.29) is 5.69 Å². The molecule has 1 aromatic carbocycles. The first kappa shape index (κ1) is 18.3. The smallest absolute Gasteiger partial charge is 0.321 e. The van der Waals surface area contributed by atoms with E-state index in [0.29, 0.717) is 10.4 Å². The molecule has 0 aromatic heterocycles. The normalized spacial score (nSPS) is 13.9. The molecule has 1 rings (SSSR count). The van der Waals surface area contributed by atoms with E-state index >= 15 is 0 Å². The largest absolute Gasteiger partial charge is 0.480 e. The van der Waals surface area contributed by atoms with E-state index in [0.717, 1.165) is 32.4 Å². The number of halogens is 1. The number of hydrogen-bond donors (Lipinski definition) is 2. The summed E-state index contributed by atoms with van der Waals surface area (Å²) in [4.78, 5) is 10.1. The number of anilines is 1. The van der Waals surface area contributed by atoms with Gasteiger partial charge < -0.3 is 5.11 Å². The number of nitrogens with zero attached hydrogens (tertiary/aromatic N) is 1. The van der Waals surface area contributed by atoms with E-state index < -0.39 is 42.8 Å². The van der Waals surface area contributed by atoms with Gasteiger partial charge >= 0.3 is 5.97 Å². The number of rotatable bonds is 6. The predicted octanol–water partition coefficient (Wildman–Crippen LogP) is 0.291. The zero-order chi connectivity index (χ0) is 17.3. The van der Waals surface area contributed by atoms with Gasteiger partial charge in [-0.15, -0.1) is 0 Å². The molecule has 8 nitrogen and oxygen atoms in total. The van der Waals surface area contributed by atoms with Crippen LogP contribution in [0.1, 0.15) is 6.92 Å². The van der Waals surface area contributed by atoms with E-state index in [4.69, 9.17) is 5.11 Å². The van der Waals surface area contributed by atoms with Crippen molar-refractivity contribution in [2.24, 2.45) is 0 Å². The van der Waals surface area contributed by atoms with Crippen molar-refractivity contribution in [3.8, 4) is 0 Å². The van der Waals surface area contributed by atoms with Gasteiger partial charge in [0.15, 0.2) is 0 Å². The van der Waals surface area contributed by atoms with E-state index in [1.54, 1.807) is 0 Å². The number of carbonyl (C=O) groups is 1. The first-order chi connectivity index (χ1) is 9.86. The highest BCUT2D eigenvalue weighted by Gasteiger charge is 2.31. The zero-order valence-corrected chi connectivity index (χ0v) is 13.6. The minimum atomic E-state index is -4.37. The van der Waals surface area contributed by atoms with Gasteiger partial charge in [-0.3, -0.25) is 9.52 Å². The number of benzene rings is 1. The van der Waals surface area contributed by atoms with Crippen LogP contribution in [0.25, 0.3) is 0 Å². The first-order valence-electron chi connectivity index (χ1n) is 5.84. The maximum absolute atomic E-state index is 14.0. The molecule has 0 fully saturated rings. The lowest BCUT2D eigenvalue weighted by atomic mass is 10.3. The van der Waals surface area contributed by atoms with Gasteiger partial charge in [0, 0.05) is 7.05 Å². The summed E-state index contributed by atoms with van der Waals surface area (Å²) in [7, 11) is -7.00. The second kappa shape index (κ2) is 6.18. The van der Waals surface area contributed by atoms with Gasteiger partial charge in [0.1, 0.15) is 16.8 Å². The SMILES string of the molecule is CC(C(=O)O)N(C)S(=O)(=O)c1ccc(NS(C)(=O)=O)cc1F. The second-order valence-electron chi connectivity index (χ2n) is 4.55. The Morgan fingerprint density at radius 2 is 1.86 bits per heavy atom. The molecule has 0 aliphatic heterocycles. The summed E-state index contributed by atoms with van der Waals surface area (Å²) in [5.41, 5.74) is -0.145. The number of carboxylic acids is 1. The fraction of sp³-hybridized carbons (Fsp3) is 0.364. The quantitative estimate of drug-likeness (QED) is 0.757. The standard InChI is InChI=1S/C11H15FN2O6S2/c1-7(11(15)16)14(2)22(19,20)10-5-4-8(6-9(10)12)13-21(3,17)18/h4-7,13H,1-3H3,(H,15,16). The Morgan fingerprint density at radius 1 is 1.32 bits per heavy atom. The lowest BCUT2D eigenvalue weighted by molar-refractivity contribution is -0.140. The Labute approximate surface area is 127 Å². The van der Waals surface area contributed by atoms with Crippen LogP contribution in [-0.4, -0.2) is 51.6 Å². The van der Waals surface area contributed by atoms with Crippen LogP contribution in [0.4, 0.5) is 10.1 Å². The molecule has 0 aliphatic carbocycles. The van der Waals surface area contributed by atoms with E-state index in [1.165, 1.54) is 0 Å². The lowest BCUT2D eigenvalue weighted by Crippen LogP contribution is -2.40. The van der Waals surface area contributed by atoms with E-state index in [9.17, 15) is 26.0 Å². The molecule has 0 radical (unpaired) electrons. The molecule has 0 aliphatic rings. The van der Waals surface area contributed by atoms with Gasteiger partial charge in [0.25, 0.3) is 0 Å². The second-order valence-corrected chi connectivity index (χ2v) is 8.27. The fourth-order valence-corrected chi connectivity index (χ4v) is 3.42. The highest BCUT2D eigenvalue weighted by atomic mass is 32.2. The van der Waals surface area contributed by atoms with Crippen LogP contribution >= 0.6 is 0 Å². The number of carboxylic acid groups (broad SMARTS) is 1. The molecule has 1 unspecified atom stereocenters. The number of nitrogens with one attached hydrogen (secondary N) is 1. The van der Waals surface area contributed by atoms with Crippen LogP contribution in [0.5, 0.6) is 0 Å². The first-order valence-corrected chi connectivity index (χ1v) is 9.17. The van der Waals surface area contributed by atoms with E-state index in [1.807, 2.05) is 4.72 Å². The van der Waals surface area contributed by atoms with Crippen molar-refractivity contribution in [1.82, 2.24) is 4.31 Å². The van der Waals surface area contributed by atoms with Gasteiger partial charge in [-0.1, -0.05) is 0 Å². The summed E-state index contributed by atoms with van der Waals surface area (Å²) in [6, 6.07) is 1.24. The summed E-state index contributed by atoms with van der Waals surface area (Å²) in [5.74, 6) is -2.58. The molecule has 22 heavy (non-hydrogen) atoms. The van der Waals surface area contributed by atoms with Crippen molar-refractivity contribution in [2.75, 3.05) is 18.0 Å². The van der Waals surface area contributed by atoms with Crippen molar-refractivity contribution in [3.63, 3.8) is 0 Å². The Balaban J connectivity index is 3.25. The highest BCUT2D eigenvalue weighted by Crippen LogP contribution is 2.23. The average molecular weight is 354 g/mol. The molecular formula is C11H15FN2O6S2. The van der Waals surface area contributed by atoms with Crippen molar-refractivity contribution in [3.05, 3.63) is 24.0 Å². The third-order valence-corrected chi connectivity index (χ3v) is 5.36. The molecule has 0 spiro atoms. The van der Waals surface area contributed by atoms with Crippen LogP contribution in [0.3, 0.4) is 0 Å². The molecule has 2 N–H and O–H groups in total. The van der Waals surface area contributed by atoms with Crippen molar-refractivity contribution >= 4 is 31.7 Å². The average Bonchev–Trinajstić information content (AvgIpc) is 2.34. The maximum Gasteiger partial charge on any atom is 0.321 e. The van der Waals surface area contributed by atoms with Gasteiger partial charge in [0.05, 0.1) is 11.9 Å². The van der Waals surface area contributed by atoms with Crippen LogP contribution in [0, 0.1) is 5.82 Å². The van der Waals surface area contributed by atoms with Crippen LogP contribution in [-0.2, 0) is 24.8 Å². The van der Waals surface area contributed by atoms with Crippen LogP contribution in [0.15, 0.2) is 23.1 Å². The maximum atomic E-state index is 14.0. The summed E-state index contributed by atoms with van der Waals surface area (Å²) >= 11 is 0. The lowest BCUT2D eigenvalue weighted by Gasteiger charge is -2.21. The van der Waals surface area contributed by atoms with Crippen LogP contribution < -0.4 is 4.72 Å². The molecule has 1 atom stereocenters. The molecule has 11 heteroatoms. The van der Waals surface area contributed by atoms with Crippen LogP contribution in [0.2, 0.25) is 0 Å². The Bertz CT molecular complexity index is 791. The van der Waals surface area contributed by atoms with Gasteiger partial charge in [-0.05, 0) is 25.1 Å². The zero-order valence-electron chi connectivity index (χ0n) is 11.9. The number of aliphatic carboxylic acids is 1. The van der Waals surface area contributed by atoms with E-state index in [2.05, 4.69) is 0 Å². The summed E-state index contributed by atoms with van der Waals surface area (Å²) < 4.78 is 62.9. The van der Waals surface area contributed by atoms with Crippen molar-refractivity contribution in [1.29, 1.82) is 0 Å². The Kier molecular flexibility index (Phi) is 5.15. The Morgan fingerprint density at radius 3 is 2.27 bits per heavy atom. The van der Waals surface area contributed by atoms with Gasteiger partial charge in [0.2, 0.25) is 20.0 Å². The van der Waals surface area contributed by atoms with Crippen molar-refractivity contribution in [2.45, 2.75) is 17.9 Å². The third kappa shape index (κ3) is 4.15. The molecule has 0 heterocycles. The molecule has 0 bridgehead atoms. The topological polar surface area (TPSA) is 121 Å². The molecule has 0 saturated carbocycles. The molecule has 1 aromatic rings. The third-order valence-electron chi connectivity index (χ3n) is 2.79. The monoisotopic (exact) mass is 354 g/mol. The van der Waals surface area contributed by atoms with Crippen molar-refractivity contribution < 1.29 is 31.1 Å². The summed E-state index contributed by atoms with van der Waals surface area (Å²) in [6.45, 7) is 1.14. The molecule has 124 valence electrons. The minimum absolute atomic E-state index is 0.145. The molecule has 0 saturated heterocycles. The number of likely N-dealkylation sites (N-methyl/N-ethyl adjacent to an activating group) is 1. The minimum Gasteiger partial charge on any atom is -0.480 e. The highest BCUT2D eigenvalue weighted by molar-refractivity contribution is 7.92. The number of sulfonamides is 2. The van der Waals surface area contributed by atoms with Gasteiger partial charge in [-0.25, -0.2) is 21.2 Å². The predicted molar refractivity (Wildman–Crippen MR) is 76.9 cm³/mol. The fourth-order valence-electron chi connectivity index (χ4n) is 1.51. The molecule has 0 amide bonds. The molecular weight excluding hydrogens is 339 g/mol. The Hall–Kier alpha value is -1.72. The summed E-state index contributed by atoms with van der Waals surface area (Å²) in [5, 5.41) is 8.83. The summed E-state index contributed by atoms with van der Waals surface area (Å²) in [6.07, 6.45) is 0.859.